The van der Waals surface area contributed by atoms with Gasteiger partial charge >= 0.3 is 0 Å². The zero-order valence-electron chi connectivity index (χ0n) is 12.8. The Morgan fingerprint density at radius 1 is 1.05 bits per heavy atom. The van der Waals surface area contributed by atoms with Crippen molar-refractivity contribution in [3.05, 3.63) is 0 Å². The van der Waals surface area contributed by atoms with Crippen molar-refractivity contribution in [3.63, 3.8) is 0 Å². The van der Waals surface area contributed by atoms with Gasteiger partial charge in [-0.3, -0.25) is 4.90 Å². The molecule has 2 rings (SSSR count). The molecule has 0 heterocycles. The molecule has 0 aliphatic heterocycles. The maximum Gasteiger partial charge on any atom is 0.150 e. The SMILES string of the molecule is CS(=O)(=O)C1CCCC(N(CCCN)C2CCCC2)C1. The Morgan fingerprint density at radius 2 is 1.70 bits per heavy atom. The molecule has 2 aliphatic rings. The maximum atomic E-state index is 11.9. The van der Waals surface area contributed by atoms with Gasteiger partial charge < -0.3 is 5.73 Å². The van der Waals surface area contributed by atoms with E-state index in [1.54, 1.807) is 0 Å². The topological polar surface area (TPSA) is 63.4 Å². The zero-order valence-corrected chi connectivity index (χ0v) is 13.6. The number of rotatable bonds is 6. The van der Waals surface area contributed by atoms with Gasteiger partial charge in [-0.25, -0.2) is 8.42 Å². The second-order valence-corrected chi connectivity index (χ2v) is 8.92. The Kier molecular flexibility index (Phi) is 5.87. The van der Waals surface area contributed by atoms with Gasteiger partial charge in [-0.2, -0.15) is 0 Å². The lowest BCUT2D eigenvalue weighted by atomic mass is 9.92. The molecule has 2 atom stereocenters. The number of hydrogen-bond acceptors (Lipinski definition) is 4. The smallest absolute Gasteiger partial charge is 0.150 e. The first-order chi connectivity index (χ1) is 9.52. The lowest BCUT2D eigenvalue weighted by Crippen LogP contribution is -2.47. The average Bonchev–Trinajstić information content (AvgIpc) is 2.92. The van der Waals surface area contributed by atoms with E-state index >= 15 is 0 Å². The minimum Gasteiger partial charge on any atom is -0.330 e. The summed E-state index contributed by atoms with van der Waals surface area (Å²) in [6, 6.07) is 1.13. The van der Waals surface area contributed by atoms with Crippen LogP contribution in [0, 0.1) is 0 Å². The third kappa shape index (κ3) is 4.18. The summed E-state index contributed by atoms with van der Waals surface area (Å²) in [7, 11) is -2.89. The van der Waals surface area contributed by atoms with Crippen LogP contribution in [-0.4, -0.2) is 50.0 Å². The molecule has 2 aliphatic carbocycles. The summed E-state index contributed by atoms with van der Waals surface area (Å²) < 4.78 is 23.7. The van der Waals surface area contributed by atoms with Crippen molar-refractivity contribution in [3.8, 4) is 0 Å². The standard InChI is InChI=1S/C15H30N2O2S/c1-20(18,19)15-9-4-8-14(12-15)17(11-5-10-16)13-6-2-3-7-13/h13-15H,2-12,16H2,1H3. The zero-order chi connectivity index (χ0) is 14.6. The van der Waals surface area contributed by atoms with Crippen molar-refractivity contribution < 1.29 is 8.42 Å². The number of sulfone groups is 1. The Labute approximate surface area is 124 Å². The molecule has 0 aromatic carbocycles. The second-order valence-electron chi connectivity index (χ2n) is 6.59. The molecule has 0 amide bonds. The first-order valence-electron chi connectivity index (χ1n) is 8.17. The van der Waals surface area contributed by atoms with Gasteiger partial charge in [0, 0.05) is 18.3 Å². The van der Waals surface area contributed by atoms with Crippen LogP contribution in [-0.2, 0) is 9.84 Å². The van der Waals surface area contributed by atoms with Gasteiger partial charge in [0.25, 0.3) is 0 Å². The highest BCUT2D eigenvalue weighted by Crippen LogP contribution is 2.32. The van der Waals surface area contributed by atoms with Crippen molar-refractivity contribution in [2.45, 2.75) is 75.1 Å². The molecule has 0 spiro atoms. The first kappa shape index (κ1) is 16.2. The van der Waals surface area contributed by atoms with Crippen molar-refractivity contribution in [2.75, 3.05) is 19.3 Å². The van der Waals surface area contributed by atoms with Crippen molar-refractivity contribution in [1.82, 2.24) is 4.90 Å². The Morgan fingerprint density at radius 3 is 2.30 bits per heavy atom. The van der Waals surface area contributed by atoms with Gasteiger partial charge in [-0.1, -0.05) is 19.3 Å². The van der Waals surface area contributed by atoms with Crippen molar-refractivity contribution >= 4 is 9.84 Å². The Bertz CT molecular complexity index is 391. The molecule has 0 aromatic rings. The van der Waals surface area contributed by atoms with Gasteiger partial charge in [0.2, 0.25) is 0 Å². The molecule has 4 nitrogen and oxygen atoms in total. The van der Waals surface area contributed by atoms with Gasteiger partial charge in [-0.15, -0.1) is 0 Å². The van der Waals surface area contributed by atoms with Crippen LogP contribution >= 0.6 is 0 Å². The Hall–Kier alpha value is -0.130. The van der Waals surface area contributed by atoms with Crippen LogP contribution in [0.3, 0.4) is 0 Å². The van der Waals surface area contributed by atoms with E-state index in [0.717, 1.165) is 45.2 Å². The lowest BCUT2D eigenvalue weighted by molar-refractivity contribution is 0.106. The average molecular weight is 302 g/mol. The van der Waals surface area contributed by atoms with Crippen LogP contribution in [0.4, 0.5) is 0 Å². The second kappa shape index (κ2) is 7.23. The predicted octanol–water partition coefficient (Wildman–Crippen LogP) is 1.94. The van der Waals surface area contributed by atoms with Gasteiger partial charge in [0.05, 0.1) is 5.25 Å². The molecule has 2 fully saturated rings. The van der Waals surface area contributed by atoms with E-state index in [1.165, 1.54) is 31.9 Å². The largest absolute Gasteiger partial charge is 0.330 e. The van der Waals surface area contributed by atoms with Crippen LogP contribution in [0.1, 0.15) is 57.8 Å². The van der Waals surface area contributed by atoms with Crippen LogP contribution in [0.5, 0.6) is 0 Å². The van der Waals surface area contributed by atoms with E-state index in [4.69, 9.17) is 5.73 Å². The highest BCUT2D eigenvalue weighted by Gasteiger charge is 2.35. The highest BCUT2D eigenvalue weighted by molar-refractivity contribution is 7.91. The maximum absolute atomic E-state index is 11.9. The third-order valence-corrected chi connectivity index (χ3v) is 6.73. The van der Waals surface area contributed by atoms with Crippen molar-refractivity contribution in [2.24, 2.45) is 5.73 Å². The minimum atomic E-state index is -2.89. The molecule has 2 N–H and O–H groups in total. The van der Waals surface area contributed by atoms with E-state index in [1.807, 2.05) is 0 Å². The molecule has 0 radical (unpaired) electrons. The minimum absolute atomic E-state index is 0.122. The first-order valence-corrected chi connectivity index (χ1v) is 10.1. The summed E-state index contributed by atoms with van der Waals surface area (Å²) in [6.45, 7) is 1.77. The third-order valence-electron chi connectivity index (χ3n) is 5.09. The fourth-order valence-electron chi connectivity index (χ4n) is 3.98. The molecule has 2 unspecified atom stereocenters. The molecule has 0 bridgehead atoms. The summed E-state index contributed by atoms with van der Waals surface area (Å²) in [4.78, 5) is 2.61. The molecule has 2 saturated carbocycles. The molecular formula is C15H30N2O2S. The van der Waals surface area contributed by atoms with Crippen LogP contribution in [0.2, 0.25) is 0 Å². The number of nitrogens with two attached hydrogens (primary N) is 1. The molecule has 5 heteroatoms. The van der Waals surface area contributed by atoms with Crippen LogP contribution < -0.4 is 5.73 Å². The van der Waals surface area contributed by atoms with Crippen LogP contribution in [0.25, 0.3) is 0 Å². The molecule has 0 aromatic heterocycles. The Balaban J connectivity index is 2.03. The van der Waals surface area contributed by atoms with Crippen LogP contribution in [0.15, 0.2) is 0 Å². The monoisotopic (exact) mass is 302 g/mol. The summed E-state index contributed by atoms with van der Waals surface area (Å²) in [5.74, 6) is 0. The summed E-state index contributed by atoms with van der Waals surface area (Å²) in [5.41, 5.74) is 5.68. The highest BCUT2D eigenvalue weighted by atomic mass is 32.2. The fourth-order valence-corrected chi connectivity index (χ4v) is 5.15. The van der Waals surface area contributed by atoms with Gasteiger partial charge in [0.15, 0.2) is 0 Å². The van der Waals surface area contributed by atoms with E-state index in [9.17, 15) is 8.42 Å². The summed E-state index contributed by atoms with van der Waals surface area (Å²) >= 11 is 0. The quantitative estimate of drug-likeness (QED) is 0.814. The molecule has 20 heavy (non-hydrogen) atoms. The molecular weight excluding hydrogens is 272 g/mol. The van der Waals surface area contributed by atoms with E-state index in [0.29, 0.717) is 12.1 Å². The number of nitrogens with zero attached hydrogens (tertiary/aromatic N) is 1. The fraction of sp³-hybridized carbons (Fsp3) is 1.00. The van der Waals surface area contributed by atoms with Gasteiger partial charge in [-0.05, 0) is 51.6 Å². The van der Waals surface area contributed by atoms with Gasteiger partial charge in [0.1, 0.15) is 9.84 Å². The van der Waals surface area contributed by atoms with E-state index < -0.39 is 9.84 Å². The van der Waals surface area contributed by atoms with E-state index in [-0.39, 0.29) is 5.25 Å². The van der Waals surface area contributed by atoms with E-state index in [2.05, 4.69) is 4.90 Å². The molecule has 118 valence electrons. The predicted molar refractivity (Wildman–Crippen MR) is 83.5 cm³/mol. The normalized spacial score (nSPS) is 29.1. The molecule has 0 saturated heterocycles. The summed E-state index contributed by atoms with van der Waals surface area (Å²) in [6.07, 6.45) is 11.5. The number of hydrogen-bond donors (Lipinski definition) is 1. The van der Waals surface area contributed by atoms with Crippen molar-refractivity contribution in [1.29, 1.82) is 0 Å². The summed E-state index contributed by atoms with van der Waals surface area (Å²) in [5, 5.41) is -0.122. The lowest BCUT2D eigenvalue weighted by Gasteiger charge is -2.40.